The number of hydrogen-bond acceptors (Lipinski definition) is 2. The molecular weight excluding hydrogens is 196 g/mol. The van der Waals surface area contributed by atoms with Crippen LogP contribution in [0, 0.1) is 19.8 Å². The Bertz CT molecular complexity index is 334. The molecule has 0 bridgehead atoms. The molecule has 1 aromatic rings. The Hall–Kier alpha value is -0.860. The van der Waals surface area contributed by atoms with Crippen LogP contribution in [-0.4, -0.2) is 0 Å². The van der Waals surface area contributed by atoms with Crippen molar-refractivity contribution in [3.63, 3.8) is 0 Å². The van der Waals surface area contributed by atoms with Crippen molar-refractivity contribution in [2.24, 2.45) is 11.8 Å². The number of hydrogen-bond donors (Lipinski definition) is 2. The molecule has 2 nitrogen and oxygen atoms in total. The quantitative estimate of drug-likeness (QED) is 0.590. The fraction of sp³-hybridized carbons (Fsp3) is 0.571. The van der Waals surface area contributed by atoms with E-state index in [1.165, 1.54) is 29.5 Å². The van der Waals surface area contributed by atoms with Gasteiger partial charge in [0.2, 0.25) is 0 Å². The van der Waals surface area contributed by atoms with Gasteiger partial charge in [-0.15, -0.1) is 0 Å². The zero-order valence-electron chi connectivity index (χ0n) is 10.9. The van der Waals surface area contributed by atoms with Crippen molar-refractivity contribution in [2.45, 2.75) is 46.6 Å². The highest BCUT2D eigenvalue weighted by Gasteiger charge is 2.17. The van der Waals surface area contributed by atoms with Crippen LogP contribution >= 0.6 is 0 Å². The first kappa shape index (κ1) is 13.2. The van der Waals surface area contributed by atoms with Gasteiger partial charge in [0.05, 0.1) is 0 Å². The maximum atomic E-state index is 5.67. The summed E-state index contributed by atoms with van der Waals surface area (Å²) in [5.74, 6) is 6.24. The van der Waals surface area contributed by atoms with Crippen molar-refractivity contribution in [3.05, 3.63) is 34.9 Å². The Kier molecular flexibility index (Phi) is 4.97. The van der Waals surface area contributed by atoms with Gasteiger partial charge in [0.1, 0.15) is 0 Å². The number of nitrogens with one attached hydrogen (secondary N) is 1. The summed E-state index contributed by atoms with van der Waals surface area (Å²) in [5.41, 5.74) is 6.92. The van der Waals surface area contributed by atoms with Crippen LogP contribution in [0.4, 0.5) is 0 Å². The van der Waals surface area contributed by atoms with Crippen molar-refractivity contribution < 1.29 is 0 Å². The molecule has 2 heteroatoms. The predicted molar refractivity (Wildman–Crippen MR) is 70.1 cm³/mol. The van der Waals surface area contributed by atoms with Gasteiger partial charge in [-0.05, 0) is 42.9 Å². The Morgan fingerprint density at radius 2 is 1.94 bits per heavy atom. The van der Waals surface area contributed by atoms with Crippen LogP contribution in [0.15, 0.2) is 18.2 Å². The lowest BCUT2D eigenvalue weighted by Gasteiger charge is -2.24. The predicted octanol–water partition coefficient (Wildman–Crippen LogP) is 3.24. The minimum absolute atomic E-state index is 0.263. The minimum atomic E-state index is 0.263. The van der Waals surface area contributed by atoms with E-state index >= 15 is 0 Å². The first-order chi connectivity index (χ1) is 7.60. The van der Waals surface area contributed by atoms with E-state index in [0.717, 1.165) is 0 Å². The number of benzene rings is 1. The van der Waals surface area contributed by atoms with E-state index < -0.39 is 0 Å². The molecule has 0 aliphatic carbocycles. The third-order valence-corrected chi connectivity index (χ3v) is 3.38. The highest BCUT2D eigenvalue weighted by Crippen LogP contribution is 2.26. The highest BCUT2D eigenvalue weighted by molar-refractivity contribution is 5.31. The molecule has 0 fully saturated rings. The summed E-state index contributed by atoms with van der Waals surface area (Å²) in [6.45, 7) is 8.75. The molecule has 0 spiro atoms. The van der Waals surface area contributed by atoms with E-state index in [4.69, 9.17) is 5.84 Å². The molecule has 0 aromatic heterocycles. The second-order valence-electron chi connectivity index (χ2n) is 4.75. The molecule has 0 aliphatic rings. The lowest BCUT2D eigenvalue weighted by Crippen LogP contribution is -2.32. The van der Waals surface area contributed by atoms with E-state index in [0.29, 0.717) is 5.92 Å². The molecule has 16 heavy (non-hydrogen) atoms. The SMILES string of the molecule is CCCC(C)C(NN)c1ccc(C)c(C)c1. The third-order valence-electron chi connectivity index (χ3n) is 3.38. The van der Waals surface area contributed by atoms with Gasteiger partial charge in [0.15, 0.2) is 0 Å². The van der Waals surface area contributed by atoms with Gasteiger partial charge >= 0.3 is 0 Å². The molecule has 0 saturated heterocycles. The maximum absolute atomic E-state index is 5.67. The first-order valence-electron chi connectivity index (χ1n) is 6.13. The van der Waals surface area contributed by atoms with E-state index in [9.17, 15) is 0 Å². The molecule has 0 saturated carbocycles. The average molecular weight is 220 g/mol. The fourth-order valence-corrected chi connectivity index (χ4v) is 2.17. The molecule has 1 rings (SSSR count). The normalized spacial score (nSPS) is 14.8. The molecule has 0 heterocycles. The maximum Gasteiger partial charge on any atom is 0.0485 e. The zero-order chi connectivity index (χ0) is 12.1. The third kappa shape index (κ3) is 3.06. The second-order valence-corrected chi connectivity index (χ2v) is 4.75. The second kappa shape index (κ2) is 6.02. The lowest BCUT2D eigenvalue weighted by molar-refractivity contribution is 0.368. The molecule has 1 aromatic carbocycles. The van der Waals surface area contributed by atoms with Gasteiger partial charge in [-0.2, -0.15) is 0 Å². The van der Waals surface area contributed by atoms with E-state index in [1.807, 2.05) is 0 Å². The van der Waals surface area contributed by atoms with E-state index in [-0.39, 0.29) is 6.04 Å². The molecule has 0 amide bonds. The van der Waals surface area contributed by atoms with Gasteiger partial charge in [0.25, 0.3) is 0 Å². The molecule has 0 aliphatic heterocycles. The van der Waals surface area contributed by atoms with Crippen LogP contribution in [-0.2, 0) is 0 Å². The largest absolute Gasteiger partial charge is 0.271 e. The van der Waals surface area contributed by atoms with Crippen LogP contribution in [0.25, 0.3) is 0 Å². The standard InChI is InChI=1S/C14H24N2/c1-5-6-11(3)14(16-15)13-8-7-10(2)12(4)9-13/h7-9,11,14,16H,5-6,15H2,1-4H3. The van der Waals surface area contributed by atoms with Crippen LogP contribution < -0.4 is 11.3 Å². The van der Waals surface area contributed by atoms with Crippen LogP contribution in [0.1, 0.15) is 49.4 Å². The van der Waals surface area contributed by atoms with E-state index in [1.54, 1.807) is 0 Å². The topological polar surface area (TPSA) is 38.0 Å². The van der Waals surface area contributed by atoms with Gasteiger partial charge in [-0.1, -0.05) is 38.5 Å². The van der Waals surface area contributed by atoms with Crippen molar-refractivity contribution in [3.8, 4) is 0 Å². The fourth-order valence-electron chi connectivity index (χ4n) is 2.17. The zero-order valence-corrected chi connectivity index (χ0v) is 10.9. The Balaban J connectivity index is 2.90. The lowest BCUT2D eigenvalue weighted by atomic mass is 9.90. The molecule has 90 valence electrons. The van der Waals surface area contributed by atoms with Gasteiger partial charge < -0.3 is 0 Å². The van der Waals surface area contributed by atoms with Crippen LogP contribution in [0.3, 0.4) is 0 Å². The van der Waals surface area contributed by atoms with Gasteiger partial charge in [0, 0.05) is 6.04 Å². The monoisotopic (exact) mass is 220 g/mol. The van der Waals surface area contributed by atoms with Crippen molar-refractivity contribution in [2.75, 3.05) is 0 Å². The molecule has 2 unspecified atom stereocenters. The minimum Gasteiger partial charge on any atom is -0.271 e. The van der Waals surface area contributed by atoms with Crippen molar-refractivity contribution in [1.82, 2.24) is 5.43 Å². The average Bonchev–Trinajstić information content (AvgIpc) is 2.25. The van der Waals surface area contributed by atoms with Gasteiger partial charge in [-0.25, -0.2) is 0 Å². The number of nitrogens with two attached hydrogens (primary N) is 1. The number of rotatable bonds is 5. The molecule has 2 atom stereocenters. The smallest absolute Gasteiger partial charge is 0.0485 e. The Labute approximate surface area is 99.2 Å². The summed E-state index contributed by atoms with van der Waals surface area (Å²) < 4.78 is 0. The summed E-state index contributed by atoms with van der Waals surface area (Å²) in [7, 11) is 0. The summed E-state index contributed by atoms with van der Waals surface area (Å²) in [6, 6.07) is 6.86. The Morgan fingerprint density at radius 3 is 2.44 bits per heavy atom. The molecular formula is C14H24N2. The highest BCUT2D eigenvalue weighted by atomic mass is 15.2. The number of hydrazine groups is 1. The molecule has 0 radical (unpaired) electrons. The molecule has 3 N–H and O–H groups in total. The first-order valence-corrected chi connectivity index (χ1v) is 6.13. The van der Waals surface area contributed by atoms with Gasteiger partial charge in [-0.3, -0.25) is 11.3 Å². The van der Waals surface area contributed by atoms with E-state index in [2.05, 4.69) is 51.3 Å². The number of aryl methyl sites for hydroxylation is 2. The van der Waals surface area contributed by atoms with Crippen LogP contribution in [0.5, 0.6) is 0 Å². The van der Waals surface area contributed by atoms with Crippen molar-refractivity contribution >= 4 is 0 Å². The summed E-state index contributed by atoms with van der Waals surface area (Å²) in [4.78, 5) is 0. The summed E-state index contributed by atoms with van der Waals surface area (Å²) in [6.07, 6.45) is 2.39. The Morgan fingerprint density at radius 1 is 1.25 bits per heavy atom. The van der Waals surface area contributed by atoms with Crippen LogP contribution in [0.2, 0.25) is 0 Å². The summed E-state index contributed by atoms with van der Waals surface area (Å²) >= 11 is 0. The summed E-state index contributed by atoms with van der Waals surface area (Å²) in [5, 5.41) is 0. The van der Waals surface area contributed by atoms with Crippen molar-refractivity contribution in [1.29, 1.82) is 0 Å².